The standard InChI is InChI=1S/C22H27FN2O4/c23-18-3-1-14(2-4-18)11-24-19(26)13-29-20(27)12-25-21(28)22-8-15-5-16(9-22)7-17(6-15)10-22/h1-4,15-17H,5-13H2,(H,24,26)(H,25,28). The van der Waals surface area contributed by atoms with Crippen LogP contribution in [0.2, 0.25) is 0 Å². The fourth-order valence-electron chi connectivity index (χ4n) is 5.78. The fraction of sp³-hybridized carbons (Fsp3) is 0.591. The lowest BCUT2D eigenvalue weighted by Crippen LogP contribution is -2.54. The molecule has 4 aliphatic carbocycles. The largest absolute Gasteiger partial charge is 0.454 e. The van der Waals surface area contributed by atoms with Crippen LogP contribution < -0.4 is 10.6 Å². The number of carbonyl (C=O) groups excluding carboxylic acids is 3. The molecule has 4 fully saturated rings. The zero-order valence-electron chi connectivity index (χ0n) is 16.4. The fourth-order valence-corrected chi connectivity index (χ4v) is 5.78. The van der Waals surface area contributed by atoms with Gasteiger partial charge in [-0.3, -0.25) is 14.4 Å². The van der Waals surface area contributed by atoms with Gasteiger partial charge in [0.25, 0.3) is 5.91 Å². The SMILES string of the molecule is O=C(COC(=O)CNC(=O)C12CC3CC(CC(C3)C1)C2)NCc1ccc(F)cc1. The summed E-state index contributed by atoms with van der Waals surface area (Å²) >= 11 is 0. The van der Waals surface area contributed by atoms with E-state index in [2.05, 4.69) is 10.6 Å². The zero-order chi connectivity index (χ0) is 20.4. The minimum atomic E-state index is -0.625. The van der Waals surface area contributed by atoms with Crippen LogP contribution in [0.1, 0.15) is 44.1 Å². The summed E-state index contributed by atoms with van der Waals surface area (Å²) in [5.74, 6) is 0.519. The van der Waals surface area contributed by atoms with Crippen LogP contribution in [0, 0.1) is 29.0 Å². The van der Waals surface area contributed by atoms with Crippen LogP contribution in [0.25, 0.3) is 0 Å². The van der Waals surface area contributed by atoms with Crippen LogP contribution in [-0.4, -0.2) is 30.9 Å². The summed E-state index contributed by atoms with van der Waals surface area (Å²) in [5.41, 5.74) is 0.440. The second-order valence-electron chi connectivity index (χ2n) is 8.94. The molecule has 1 aromatic rings. The molecule has 0 aromatic heterocycles. The quantitative estimate of drug-likeness (QED) is 0.686. The molecule has 2 N–H and O–H groups in total. The molecule has 0 spiro atoms. The first-order valence-electron chi connectivity index (χ1n) is 10.4. The number of hydrogen-bond acceptors (Lipinski definition) is 4. The molecule has 6 nitrogen and oxygen atoms in total. The molecule has 0 aliphatic heterocycles. The predicted molar refractivity (Wildman–Crippen MR) is 103 cm³/mol. The average Bonchev–Trinajstić information content (AvgIpc) is 2.69. The molecule has 29 heavy (non-hydrogen) atoms. The van der Waals surface area contributed by atoms with Gasteiger partial charge in [-0.15, -0.1) is 0 Å². The Kier molecular flexibility index (Phi) is 5.56. The maximum absolute atomic E-state index is 12.9. The summed E-state index contributed by atoms with van der Waals surface area (Å²) in [6.07, 6.45) is 6.56. The van der Waals surface area contributed by atoms with Crippen molar-refractivity contribution in [1.82, 2.24) is 10.6 Å². The summed E-state index contributed by atoms with van der Waals surface area (Å²) < 4.78 is 17.8. The van der Waals surface area contributed by atoms with Gasteiger partial charge >= 0.3 is 5.97 Å². The first kappa shape index (κ1) is 19.9. The Labute approximate surface area is 169 Å². The Hall–Kier alpha value is -2.44. The number of esters is 1. The molecule has 1 aromatic carbocycles. The Morgan fingerprint density at radius 3 is 2.14 bits per heavy atom. The van der Waals surface area contributed by atoms with Crippen molar-refractivity contribution in [3.63, 3.8) is 0 Å². The molecule has 0 atom stereocenters. The van der Waals surface area contributed by atoms with E-state index >= 15 is 0 Å². The lowest BCUT2D eigenvalue weighted by molar-refractivity contribution is -0.152. The second kappa shape index (κ2) is 8.13. The van der Waals surface area contributed by atoms with Gasteiger partial charge in [0.1, 0.15) is 12.4 Å². The lowest BCUT2D eigenvalue weighted by atomic mass is 9.49. The Morgan fingerprint density at radius 1 is 0.966 bits per heavy atom. The highest BCUT2D eigenvalue weighted by molar-refractivity contribution is 5.87. The van der Waals surface area contributed by atoms with Crippen LogP contribution in [0.4, 0.5) is 4.39 Å². The van der Waals surface area contributed by atoms with Gasteiger partial charge in [0.15, 0.2) is 6.61 Å². The van der Waals surface area contributed by atoms with E-state index in [0.29, 0.717) is 17.8 Å². The van der Waals surface area contributed by atoms with Crippen LogP contribution >= 0.6 is 0 Å². The van der Waals surface area contributed by atoms with Crippen molar-refractivity contribution in [1.29, 1.82) is 0 Å². The second-order valence-corrected chi connectivity index (χ2v) is 8.94. The summed E-state index contributed by atoms with van der Waals surface area (Å²) in [6, 6.07) is 5.77. The van der Waals surface area contributed by atoms with Crippen molar-refractivity contribution in [2.75, 3.05) is 13.2 Å². The Morgan fingerprint density at radius 2 is 1.55 bits per heavy atom. The molecule has 0 saturated heterocycles. The number of amides is 2. The molecule has 5 rings (SSSR count). The third kappa shape index (κ3) is 4.60. The highest BCUT2D eigenvalue weighted by atomic mass is 19.1. The van der Waals surface area contributed by atoms with Gasteiger partial charge < -0.3 is 15.4 Å². The van der Waals surface area contributed by atoms with Crippen molar-refractivity contribution in [2.24, 2.45) is 23.2 Å². The van der Waals surface area contributed by atoms with Crippen LogP contribution in [0.3, 0.4) is 0 Å². The van der Waals surface area contributed by atoms with Crippen molar-refractivity contribution < 1.29 is 23.5 Å². The number of ether oxygens (including phenoxy) is 1. The van der Waals surface area contributed by atoms with Crippen LogP contribution in [0.5, 0.6) is 0 Å². The van der Waals surface area contributed by atoms with E-state index < -0.39 is 18.5 Å². The van der Waals surface area contributed by atoms with E-state index in [1.807, 2.05) is 0 Å². The minimum Gasteiger partial charge on any atom is -0.454 e. The number of benzene rings is 1. The average molecular weight is 402 g/mol. The smallest absolute Gasteiger partial charge is 0.325 e. The molecule has 0 unspecified atom stereocenters. The van der Waals surface area contributed by atoms with E-state index in [4.69, 9.17) is 4.74 Å². The van der Waals surface area contributed by atoms with Gasteiger partial charge in [0.05, 0.1) is 0 Å². The van der Waals surface area contributed by atoms with Gasteiger partial charge in [0.2, 0.25) is 5.91 Å². The number of carbonyl (C=O) groups is 3. The Balaban J connectivity index is 1.17. The predicted octanol–water partition coefficient (Wildman–Crippen LogP) is 2.32. The first-order valence-corrected chi connectivity index (χ1v) is 10.4. The topological polar surface area (TPSA) is 84.5 Å². The molecule has 4 aliphatic rings. The molecule has 0 radical (unpaired) electrons. The summed E-state index contributed by atoms with van der Waals surface area (Å²) in [5, 5.41) is 5.35. The normalized spacial score (nSPS) is 29.3. The molecule has 0 heterocycles. The monoisotopic (exact) mass is 402 g/mol. The summed E-state index contributed by atoms with van der Waals surface area (Å²) in [6.45, 7) is -0.404. The van der Waals surface area contributed by atoms with Gasteiger partial charge in [-0.1, -0.05) is 12.1 Å². The molecule has 156 valence electrons. The van der Waals surface area contributed by atoms with Crippen molar-refractivity contribution in [2.45, 2.75) is 45.1 Å². The molecule has 4 bridgehead atoms. The van der Waals surface area contributed by atoms with Crippen LogP contribution in [0.15, 0.2) is 24.3 Å². The van der Waals surface area contributed by atoms with Crippen LogP contribution in [-0.2, 0) is 25.7 Å². The van der Waals surface area contributed by atoms with E-state index in [0.717, 1.165) is 24.8 Å². The molecular formula is C22H27FN2O4. The van der Waals surface area contributed by atoms with Gasteiger partial charge in [-0.05, 0) is 74.0 Å². The van der Waals surface area contributed by atoms with E-state index in [9.17, 15) is 18.8 Å². The summed E-state index contributed by atoms with van der Waals surface area (Å²) in [7, 11) is 0. The maximum atomic E-state index is 12.9. The Bertz CT molecular complexity index is 757. The summed E-state index contributed by atoms with van der Waals surface area (Å²) in [4.78, 5) is 36.5. The number of rotatable bonds is 7. The minimum absolute atomic E-state index is 0.0330. The van der Waals surface area contributed by atoms with E-state index in [-0.39, 0.29) is 30.2 Å². The van der Waals surface area contributed by atoms with Crippen molar-refractivity contribution in [3.8, 4) is 0 Å². The third-order valence-electron chi connectivity index (χ3n) is 6.68. The number of nitrogens with one attached hydrogen (secondary N) is 2. The lowest BCUT2D eigenvalue weighted by Gasteiger charge is -2.55. The third-order valence-corrected chi connectivity index (χ3v) is 6.68. The van der Waals surface area contributed by atoms with E-state index in [1.54, 1.807) is 12.1 Å². The highest BCUT2D eigenvalue weighted by Gasteiger charge is 2.54. The number of halogens is 1. The highest BCUT2D eigenvalue weighted by Crippen LogP contribution is 2.60. The zero-order valence-corrected chi connectivity index (χ0v) is 16.4. The molecule has 4 saturated carbocycles. The van der Waals surface area contributed by atoms with Crippen molar-refractivity contribution >= 4 is 17.8 Å². The maximum Gasteiger partial charge on any atom is 0.325 e. The number of hydrogen-bond donors (Lipinski definition) is 2. The van der Waals surface area contributed by atoms with Crippen molar-refractivity contribution in [3.05, 3.63) is 35.6 Å². The molecule has 2 amide bonds. The van der Waals surface area contributed by atoms with Gasteiger partial charge in [0, 0.05) is 12.0 Å². The molecule has 7 heteroatoms. The van der Waals surface area contributed by atoms with Gasteiger partial charge in [-0.25, -0.2) is 4.39 Å². The van der Waals surface area contributed by atoms with Gasteiger partial charge in [-0.2, -0.15) is 0 Å². The first-order chi connectivity index (χ1) is 13.9. The van der Waals surface area contributed by atoms with E-state index in [1.165, 1.54) is 31.4 Å². The molecular weight excluding hydrogens is 375 g/mol.